The number of carbonyl (C=O) groups excluding carboxylic acids is 1. The van der Waals surface area contributed by atoms with Gasteiger partial charge in [-0.25, -0.2) is 4.98 Å². The number of aromatic nitrogens is 2. The maximum atomic E-state index is 13.4. The topological polar surface area (TPSA) is 73.2 Å². The van der Waals surface area contributed by atoms with Crippen LogP contribution in [0.4, 0.5) is 5.69 Å². The smallest absolute Gasteiger partial charge is 0.266 e. The van der Waals surface area contributed by atoms with E-state index in [9.17, 15) is 9.59 Å². The molecule has 1 unspecified atom stereocenters. The number of rotatable bonds is 8. The van der Waals surface area contributed by atoms with Crippen LogP contribution >= 0.6 is 11.8 Å². The normalized spacial score (nSPS) is 11.9. The third kappa shape index (κ3) is 5.15. The van der Waals surface area contributed by atoms with Gasteiger partial charge in [0.25, 0.3) is 5.56 Å². The van der Waals surface area contributed by atoms with Gasteiger partial charge in [-0.05, 0) is 54.3 Å². The van der Waals surface area contributed by atoms with Gasteiger partial charge >= 0.3 is 0 Å². The zero-order chi connectivity index (χ0) is 24.1. The van der Waals surface area contributed by atoms with Crippen molar-refractivity contribution in [2.45, 2.75) is 31.3 Å². The number of fused-ring (bicyclic) bond motifs is 1. The first-order valence-corrected chi connectivity index (χ1v) is 12.2. The van der Waals surface area contributed by atoms with Crippen LogP contribution in [-0.2, 0) is 4.79 Å². The minimum Gasteiger partial charge on any atom is -0.497 e. The van der Waals surface area contributed by atoms with E-state index in [1.807, 2.05) is 54.6 Å². The fraction of sp³-hybridized carbons (Fsp3) is 0.222. The molecular weight excluding hydrogens is 446 g/mol. The number of benzene rings is 3. The van der Waals surface area contributed by atoms with Gasteiger partial charge in [0, 0.05) is 11.8 Å². The number of ether oxygens (including phenoxy) is 1. The van der Waals surface area contributed by atoms with Gasteiger partial charge in [0.1, 0.15) is 5.75 Å². The summed E-state index contributed by atoms with van der Waals surface area (Å²) in [7, 11) is 1.58. The Morgan fingerprint density at radius 1 is 1.09 bits per heavy atom. The highest BCUT2D eigenvalue weighted by molar-refractivity contribution is 7.99. The predicted octanol–water partition coefficient (Wildman–Crippen LogP) is 5.64. The summed E-state index contributed by atoms with van der Waals surface area (Å²) in [6, 6.07) is 22.4. The maximum Gasteiger partial charge on any atom is 0.266 e. The number of anilines is 1. The minimum absolute atomic E-state index is 0.113. The van der Waals surface area contributed by atoms with E-state index in [0.717, 1.165) is 12.1 Å². The minimum atomic E-state index is -0.192. The number of amides is 1. The Morgan fingerprint density at radius 3 is 2.59 bits per heavy atom. The molecular formula is C27H27N3O3S. The van der Waals surface area contributed by atoms with Crippen LogP contribution < -0.4 is 15.6 Å². The molecule has 1 atom stereocenters. The quantitative estimate of drug-likeness (QED) is 0.265. The number of carbonyl (C=O) groups is 1. The molecule has 1 heterocycles. The molecule has 4 rings (SSSR count). The predicted molar refractivity (Wildman–Crippen MR) is 138 cm³/mol. The SMILES string of the molecule is CCC(C)c1ccc(NC(=O)CSc2nc3ccccc3c(=O)n2-c2cccc(OC)c2)cc1. The maximum absolute atomic E-state index is 13.4. The lowest BCUT2D eigenvalue weighted by Gasteiger charge is -2.14. The fourth-order valence-electron chi connectivity index (χ4n) is 3.64. The van der Waals surface area contributed by atoms with E-state index in [0.29, 0.717) is 33.4 Å². The van der Waals surface area contributed by atoms with Crippen LogP contribution in [0, 0.1) is 0 Å². The van der Waals surface area contributed by atoms with E-state index in [-0.39, 0.29) is 17.2 Å². The van der Waals surface area contributed by atoms with Gasteiger partial charge in [-0.1, -0.05) is 55.9 Å². The average Bonchev–Trinajstić information content (AvgIpc) is 2.87. The lowest BCUT2D eigenvalue weighted by molar-refractivity contribution is -0.113. The largest absolute Gasteiger partial charge is 0.497 e. The molecule has 4 aromatic rings. The summed E-state index contributed by atoms with van der Waals surface area (Å²) >= 11 is 1.22. The second-order valence-electron chi connectivity index (χ2n) is 8.02. The number of para-hydroxylation sites is 1. The van der Waals surface area contributed by atoms with Crippen molar-refractivity contribution < 1.29 is 9.53 Å². The zero-order valence-electron chi connectivity index (χ0n) is 19.4. The van der Waals surface area contributed by atoms with E-state index in [2.05, 4.69) is 19.2 Å². The molecule has 0 aliphatic carbocycles. The third-order valence-electron chi connectivity index (χ3n) is 5.76. The Labute approximate surface area is 203 Å². The fourth-order valence-corrected chi connectivity index (χ4v) is 4.46. The van der Waals surface area contributed by atoms with E-state index in [1.54, 1.807) is 25.3 Å². The molecule has 0 aliphatic rings. The zero-order valence-corrected chi connectivity index (χ0v) is 20.3. The van der Waals surface area contributed by atoms with Gasteiger partial charge in [0.15, 0.2) is 5.16 Å². The summed E-state index contributed by atoms with van der Waals surface area (Å²) in [5.74, 6) is 1.06. The van der Waals surface area contributed by atoms with Crippen LogP contribution in [0.3, 0.4) is 0 Å². The van der Waals surface area contributed by atoms with E-state index in [1.165, 1.54) is 21.9 Å². The molecule has 7 heteroatoms. The Hall–Kier alpha value is -3.58. The Bertz CT molecular complexity index is 1370. The van der Waals surface area contributed by atoms with Crippen molar-refractivity contribution in [3.8, 4) is 11.4 Å². The standard InChI is InChI=1S/C27H27N3O3S/c1-4-18(2)19-12-14-20(15-13-19)28-25(31)17-34-27-29-24-11-6-5-10-23(24)26(32)30(27)21-8-7-9-22(16-21)33-3/h5-16,18H,4,17H2,1-3H3,(H,28,31). The number of hydrogen-bond acceptors (Lipinski definition) is 5. The van der Waals surface area contributed by atoms with Crippen LogP contribution in [0.25, 0.3) is 16.6 Å². The summed E-state index contributed by atoms with van der Waals surface area (Å²) in [6.07, 6.45) is 1.07. The Balaban J connectivity index is 1.59. The number of hydrogen-bond donors (Lipinski definition) is 1. The van der Waals surface area contributed by atoms with Gasteiger partial charge < -0.3 is 10.1 Å². The molecule has 1 aromatic heterocycles. The van der Waals surface area contributed by atoms with Gasteiger partial charge in [0.2, 0.25) is 5.91 Å². The molecule has 0 saturated carbocycles. The van der Waals surface area contributed by atoms with Crippen LogP contribution in [0.1, 0.15) is 31.7 Å². The molecule has 6 nitrogen and oxygen atoms in total. The molecule has 174 valence electrons. The molecule has 3 aromatic carbocycles. The first kappa shape index (κ1) is 23.6. The van der Waals surface area contributed by atoms with Crippen LogP contribution in [0.15, 0.2) is 82.7 Å². The lowest BCUT2D eigenvalue weighted by atomic mass is 9.99. The third-order valence-corrected chi connectivity index (χ3v) is 6.70. The van der Waals surface area contributed by atoms with Crippen molar-refractivity contribution in [3.63, 3.8) is 0 Å². The molecule has 0 spiro atoms. The molecule has 34 heavy (non-hydrogen) atoms. The van der Waals surface area contributed by atoms with Crippen molar-refractivity contribution in [1.82, 2.24) is 9.55 Å². The van der Waals surface area contributed by atoms with E-state index in [4.69, 9.17) is 9.72 Å². The summed E-state index contributed by atoms with van der Waals surface area (Å²) in [5.41, 5.74) is 3.02. The number of nitrogens with zero attached hydrogens (tertiary/aromatic N) is 2. The second kappa shape index (κ2) is 10.6. The van der Waals surface area contributed by atoms with Gasteiger partial charge in [-0.3, -0.25) is 14.2 Å². The number of nitrogens with one attached hydrogen (secondary N) is 1. The summed E-state index contributed by atoms with van der Waals surface area (Å²) in [4.78, 5) is 30.7. The van der Waals surface area contributed by atoms with Gasteiger partial charge in [-0.2, -0.15) is 0 Å². The van der Waals surface area contributed by atoms with Crippen molar-refractivity contribution in [3.05, 3.63) is 88.7 Å². The monoisotopic (exact) mass is 473 g/mol. The first-order valence-electron chi connectivity index (χ1n) is 11.2. The molecule has 0 saturated heterocycles. The lowest BCUT2D eigenvalue weighted by Crippen LogP contribution is -2.23. The van der Waals surface area contributed by atoms with Crippen LogP contribution in [-0.4, -0.2) is 28.3 Å². The van der Waals surface area contributed by atoms with Crippen molar-refractivity contribution in [2.24, 2.45) is 0 Å². The highest BCUT2D eigenvalue weighted by Gasteiger charge is 2.15. The molecule has 0 radical (unpaired) electrons. The summed E-state index contributed by atoms with van der Waals surface area (Å²) < 4.78 is 6.86. The Kier molecular flexibility index (Phi) is 7.33. The molecule has 0 bridgehead atoms. The average molecular weight is 474 g/mol. The summed E-state index contributed by atoms with van der Waals surface area (Å²) in [6.45, 7) is 4.34. The highest BCUT2D eigenvalue weighted by Crippen LogP contribution is 2.24. The van der Waals surface area contributed by atoms with Crippen LogP contribution in [0.2, 0.25) is 0 Å². The van der Waals surface area contributed by atoms with Crippen molar-refractivity contribution in [1.29, 1.82) is 0 Å². The number of thioether (sulfide) groups is 1. The molecule has 0 aliphatic heterocycles. The van der Waals surface area contributed by atoms with Gasteiger partial charge in [-0.15, -0.1) is 0 Å². The van der Waals surface area contributed by atoms with Gasteiger partial charge in [0.05, 0.1) is 29.5 Å². The van der Waals surface area contributed by atoms with Crippen molar-refractivity contribution >= 4 is 34.3 Å². The van der Waals surface area contributed by atoms with Crippen molar-refractivity contribution in [2.75, 3.05) is 18.2 Å². The Morgan fingerprint density at radius 2 is 1.85 bits per heavy atom. The van der Waals surface area contributed by atoms with E-state index < -0.39 is 0 Å². The highest BCUT2D eigenvalue weighted by atomic mass is 32.2. The number of methoxy groups -OCH3 is 1. The first-order chi connectivity index (χ1) is 16.5. The molecule has 1 N–H and O–H groups in total. The van der Waals surface area contributed by atoms with E-state index >= 15 is 0 Å². The van der Waals surface area contributed by atoms with Crippen LogP contribution in [0.5, 0.6) is 5.75 Å². The molecule has 1 amide bonds. The second-order valence-corrected chi connectivity index (χ2v) is 8.96. The summed E-state index contributed by atoms with van der Waals surface area (Å²) in [5, 5.41) is 3.89. The molecule has 0 fully saturated rings.